The molecule has 3 aromatic rings. The summed E-state index contributed by atoms with van der Waals surface area (Å²) in [5.41, 5.74) is 1.81. The van der Waals surface area contributed by atoms with Gasteiger partial charge in [-0.1, -0.05) is 23.7 Å². The van der Waals surface area contributed by atoms with Gasteiger partial charge in [-0.3, -0.25) is 9.59 Å². The van der Waals surface area contributed by atoms with Crippen molar-refractivity contribution in [2.24, 2.45) is 5.92 Å². The zero-order valence-electron chi connectivity index (χ0n) is 22.4. The number of amides is 2. The molecule has 0 radical (unpaired) electrons. The van der Waals surface area contributed by atoms with E-state index in [0.717, 1.165) is 5.56 Å². The molecular weight excluding hydrogens is 524 g/mol. The van der Waals surface area contributed by atoms with Gasteiger partial charge in [0.05, 0.1) is 58.2 Å². The number of ether oxygens (including phenoxy) is 5. The minimum Gasteiger partial charge on any atom is -0.497 e. The quantitative estimate of drug-likeness (QED) is 0.373. The summed E-state index contributed by atoms with van der Waals surface area (Å²) in [5.74, 6) is 1.39. The number of nitrogens with zero attached hydrogens (tertiary/aromatic N) is 1. The molecule has 0 aliphatic carbocycles. The highest BCUT2D eigenvalue weighted by atomic mass is 35.5. The normalized spacial score (nSPS) is 16.9. The van der Waals surface area contributed by atoms with E-state index in [2.05, 4.69) is 5.32 Å². The van der Waals surface area contributed by atoms with Gasteiger partial charge in [-0.25, -0.2) is 0 Å². The van der Waals surface area contributed by atoms with Crippen LogP contribution in [-0.4, -0.2) is 47.4 Å². The van der Waals surface area contributed by atoms with Crippen molar-refractivity contribution < 1.29 is 33.3 Å². The fraction of sp³-hybridized carbons (Fsp3) is 0.310. The molecule has 1 N–H and O–H groups in total. The first-order valence-corrected chi connectivity index (χ1v) is 12.6. The number of methoxy groups -OCH3 is 5. The van der Waals surface area contributed by atoms with Crippen LogP contribution in [0.1, 0.15) is 24.4 Å². The molecule has 0 spiro atoms. The van der Waals surface area contributed by atoms with Gasteiger partial charge in [0, 0.05) is 24.2 Å². The van der Waals surface area contributed by atoms with Crippen molar-refractivity contribution >= 4 is 34.8 Å². The van der Waals surface area contributed by atoms with Gasteiger partial charge in [0.25, 0.3) is 0 Å². The fourth-order valence-electron chi connectivity index (χ4n) is 4.84. The number of nitrogens with one attached hydrogen (secondary N) is 1. The van der Waals surface area contributed by atoms with E-state index in [1.54, 1.807) is 54.5 Å². The van der Waals surface area contributed by atoms with E-state index in [0.29, 0.717) is 51.6 Å². The van der Waals surface area contributed by atoms with Crippen LogP contribution in [0.3, 0.4) is 0 Å². The summed E-state index contributed by atoms with van der Waals surface area (Å²) < 4.78 is 27.1. The number of carbonyl (C=O) groups excluding carboxylic acids is 2. The molecule has 9 nitrogen and oxygen atoms in total. The zero-order chi connectivity index (χ0) is 28.1. The van der Waals surface area contributed by atoms with Crippen molar-refractivity contribution in [1.29, 1.82) is 0 Å². The summed E-state index contributed by atoms with van der Waals surface area (Å²) in [5, 5.41) is 3.34. The molecule has 1 heterocycles. The Balaban J connectivity index is 1.79. The van der Waals surface area contributed by atoms with Crippen LogP contribution in [0.4, 0.5) is 11.4 Å². The van der Waals surface area contributed by atoms with Gasteiger partial charge in [-0.15, -0.1) is 0 Å². The number of benzene rings is 3. The van der Waals surface area contributed by atoms with Crippen molar-refractivity contribution in [3.05, 3.63) is 65.2 Å². The molecule has 1 fully saturated rings. The van der Waals surface area contributed by atoms with Crippen LogP contribution in [-0.2, 0) is 9.59 Å². The molecule has 0 bridgehead atoms. The summed E-state index contributed by atoms with van der Waals surface area (Å²) in [4.78, 5) is 28.9. The fourth-order valence-corrected chi connectivity index (χ4v) is 5.10. The minimum atomic E-state index is -0.631. The lowest BCUT2D eigenvalue weighted by atomic mass is 9.83. The van der Waals surface area contributed by atoms with E-state index in [4.69, 9.17) is 35.3 Å². The van der Waals surface area contributed by atoms with E-state index >= 15 is 0 Å². The Hall–Kier alpha value is -4.11. The van der Waals surface area contributed by atoms with Crippen LogP contribution in [0, 0.1) is 5.92 Å². The zero-order valence-corrected chi connectivity index (χ0v) is 23.2. The highest BCUT2D eigenvalue weighted by molar-refractivity contribution is 6.32. The molecule has 4 rings (SSSR count). The minimum absolute atomic E-state index is 0.137. The van der Waals surface area contributed by atoms with Gasteiger partial charge in [0.2, 0.25) is 17.6 Å². The Bertz CT molecular complexity index is 1320. The Labute approximate surface area is 232 Å². The van der Waals surface area contributed by atoms with Gasteiger partial charge in [-0.2, -0.15) is 0 Å². The third kappa shape index (κ3) is 5.68. The van der Waals surface area contributed by atoms with Crippen molar-refractivity contribution in [2.45, 2.75) is 18.9 Å². The highest BCUT2D eigenvalue weighted by Crippen LogP contribution is 2.46. The molecule has 1 aliphatic rings. The lowest BCUT2D eigenvalue weighted by Crippen LogP contribution is -2.47. The Morgan fingerprint density at radius 2 is 1.49 bits per heavy atom. The first-order valence-electron chi connectivity index (χ1n) is 12.3. The van der Waals surface area contributed by atoms with Crippen LogP contribution in [0.15, 0.2) is 54.6 Å². The summed E-state index contributed by atoms with van der Waals surface area (Å²) in [6.45, 7) is 0. The van der Waals surface area contributed by atoms with E-state index in [-0.39, 0.29) is 18.2 Å². The monoisotopic (exact) mass is 554 g/mol. The second kappa shape index (κ2) is 12.2. The van der Waals surface area contributed by atoms with E-state index in [1.807, 2.05) is 12.1 Å². The lowest BCUT2D eigenvalue weighted by Gasteiger charge is -2.41. The Morgan fingerprint density at radius 3 is 2.03 bits per heavy atom. The molecule has 1 aliphatic heterocycles. The molecule has 39 heavy (non-hydrogen) atoms. The highest BCUT2D eigenvalue weighted by Gasteiger charge is 2.42. The molecule has 0 saturated carbocycles. The largest absolute Gasteiger partial charge is 0.497 e. The van der Waals surface area contributed by atoms with Crippen LogP contribution in [0.25, 0.3) is 0 Å². The predicted molar refractivity (Wildman–Crippen MR) is 149 cm³/mol. The van der Waals surface area contributed by atoms with Crippen LogP contribution in [0.2, 0.25) is 5.02 Å². The van der Waals surface area contributed by atoms with Gasteiger partial charge in [-0.05, 0) is 42.3 Å². The van der Waals surface area contributed by atoms with Crippen LogP contribution >= 0.6 is 11.6 Å². The lowest BCUT2D eigenvalue weighted by molar-refractivity contribution is -0.125. The van der Waals surface area contributed by atoms with Gasteiger partial charge in [0.15, 0.2) is 11.5 Å². The van der Waals surface area contributed by atoms with Crippen LogP contribution in [0.5, 0.6) is 28.7 Å². The second-order valence-corrected chi connectivity index (χ2v) is 9.26. The SMILES string of the molecule is COc1ccc([C@H]2[C@H](C(=O)Nc3ccc(OC)c(Cl)c3)CCC(=O)N2c2cc(OC)c(OC)c(OC)c2)cc1. The molecule has 3 aromatic carbocycles. The smallest absolute Gasteiger partial charge is 0.229 e. The molecule has 1 saturated heterocycles. The summed E-state index contributed by atoms with van der Waals surface area (Å²) in [6, 6.07) is 15.1. The predicted octanol–water partition coefficient (Wildman–Crippen LogP) is 5.51. The van der Waals surface area contributed by atoms with E-state index in [1.165, 1.54) is 28.4 Å². The van der Waals surface area contributed by atoms with Crippen LogP contribution < -0.4 is 33.9 Å². The molecule has 206 valence electrons. The van der Waals surface area contributed by atoms with Crippen molar-refractivity contribution in [3.63, 3.8) is 0 Å². The van der Waals surface area contributed by atoms with E-state index < -0.39 is 12.0 Å². The first-order chi connectivity index (χ1) is 18.8. The molecule has 0 unspecified atom stereocenters. The maximum absolute atomic E-state index is 13.8. The van der Waals surface area contributed by atoms with Gasteiger partial charge < -0.3 is 33.9 Å². The Kier molecular flexibility index (Phi) is 8.71. The third-order valence-electron chi connectivity index (χ3n) is 6.74. The second-order valence-electron chi connectivity index (χ2n) is 8.85. The summed E-state index contributed by atoms with van der Waals surface area (Å²) in [7, 11) is 7.64. The summed E-state index contributed by atoms with van der Waals surface area (Å²) in [6.07, 6.45) is 0.525. The van der Waals surface area contributed by atoms with Crippen molar-refractivity contribution in [2.75, 3.05) is 45.8 Å². The van der Waals surface area contributed by atoms with Crippen molar-refractivity contribution in [3.8, 4) is 28.7 Å². The number of hydrogen-bond donors (Lipinski definition) is 1. The van der Waals surface area contributed by atoms with Gasteiger partial charge >= 0.3 is 0 Å². The molecule has 2 atom stereocenters. The maximum atomic E-state index is 13.8. The third-order valence-corrected chi connectivity index (χ3v) is 7.03. The average molecular weight is 555 g/mol. The number of halogens is 1. The number of hydrogen-bond acceptors (Lipinski definition) is 7. The maximum Gasteiger partial charge on any atom is 0.229 e. The number of piperidine rings is 1. The number of rotatable bonds is 9. The average Bonchev–Trinajstić information content (AvgIpc) is 2.96. The molecule has 10 heteroatoms. The molecular formula is C29H31ClN2O7. The first kappa shape index (κ1) is 27.9. The standard InChI is InChI=1S/C29H31ClN2O7/c1-35-20-9-6-17(7-10-20)27-21(29(34)31-18-8-12-23(36-2)22(30)14-18)11-13-26(33)32(27)19-15-24(37-3)28(39-5)25(16-19)38-4/h6-10,12,14-16,21,27H,11,13H2,1-5H3,(H,31,34)/t21-,27+/m1/s1. The van der Waals surface area contributed by atoms with Crippen molar-refractivity contribution in [1.82, 2.24) is 0 Å². The summed E-state index contributed by atoms with van der Waals surface area (Å²) >= 11 is 6.28. The number of anilines is 2. The molecule has 2 amide bonds. The molecule has 0 aromatic heterocycles. The van der Waals surface area contributed by atoms with E-state index in [9.17, 15) is 9.59 Å². The number of carbonyl (C=O) groups is 2. The Morgan fingerprint density at radius 1 is 0.846 bits per heavy atom. The topological polar surface area (TPSA) is 95.6 Å². The van der Waals surface area contributed by atoms with Gasteiger partial charge in [0.1, 0.15) is 11.5 Å².